The van der Waals surface area contributed by atoms with Gasteiger partial charge in [-0.1, -0.05) is 6.92 Å². The highest BCUT2D eigenvalue weighted by molar-refractivity contribution is 5.78. The molecular weight excluding hydrogens is 178 g/mol. The maximum absolute atomic E-state index is 11.7. The SMILES string of the molecule is CC(CN)C(=O)N1CCC(C)(N)CC1. The van der Waals surface area contributed by atoms with E-state index in [2.05, 4.69) is 0 Å². The second-order valence-electron chi connectivity index (χ2n) is 4.62. The molecule has 0 bridgehead atoms. The lowest BCUT2D eigenvalue weighted by Crippen LogP contribution is -2.51. The first-order valence-corrected chi connectivity index (χ1v) is 5.24. The van der Waals surface area contributed by atoms with E-state index >= 15 is 0 Å². The van der Waals surface area contributed by atoms with Crippen molar-refractivity contribution in [1.82, 2.24) is 4.90 Å². The Bertz CT molecular complexity index is 205. The molecule has 0 aromatic rings. The number of hydrogen-bond donors (Lipinski definition) is 2. The van der Waals surface area contributed by atoms with Crippen molar-refractivity contribution >= 4 is 5.91 Å². The summed E-state index contributed by atoms with van der Waals surface area (Å²) in [5.41, 5.74) is 11.4. The van der Waals surface area contributed by atoms with E-state index in [4.69, 9.17) is 11.5 Å². The highest BCUT2D eigenvalue weighted by atomic mass is 16.2. The Morgan fingerprint density at radius 2 is 2.00 bits per heavy atom. The first-order chi connectivity index (χ1) is 6.46. The zero-order valence-corrected chi connectivity index (χ0v) is 9.12. The van der Waals surface area contributed by atoms with E-state index in [1.165, 1.54) is 0 Å². The Morgan fingerprint density at radius 1 is 1.50 bits per heavy atom. The molecule has 4 N–H and O–H groups in total. The van der Waals surface area contributed by atoms with Crippen molar-refractivity contribution in [2.75, 3.05) is 19.6 Å². The summed E-state index contributed by atoms with van der Waals surface area (Å²) in [6.45, 7) is 5.89. The lowest BCUT2D eigenvalue weighted by Gasteiger charge is -2.37. The van der Waals surface area contributed by atoms with Crippen LogP contribution < -0.4 is 11.5 Å². The fourth-order valence-corrected chi connectivity index (χ4v) is 1.65. The molecular formula is C10H21N3O. The van der Waals surface area contributed by atoms with Gasteiger partial charge in [-0.05, 0) is 19.8 Å². The second-order valence-corrected chi connectivity index (χ2v) is 4.62. The van der Waals surface area contributed by atoms with E-state index < -0.39 is 0 Å². The number of rotatable bonds is 2. The summed E-state index contributed by atoms with van der Waals surface area (Å²) >= 11 is 0. The Hall–Kier alpha value is -0.610. The maximum Gasteiger partial charge on any atom is 0.226 e. The highest BCUT2D eigenvalue weighted by Crippen LogP contribution is 2.19. The Balaban J connectivity index is 2.46. The van der Waals surface area contributed by atoms with Crippen LogP contribution in [0.3, 0.4) is 0 Å². The molecule has 0 aliphatic carbocycles. The molecule has 0 aromatic carbocycles. The summed E-state index contributed by atoms with van der Waals surface area (Å²) in [5, 5.41) is 0. The zero-order chi connectivity index (χ0) is 10.8. The molecule has 1 saturated heterocycles. The van der Waals surface area contributed by atoms with Crippen LogP contribution in [0.25, 0.3) is 0 Å². The molecule has 4 nitrogen and oxygen atoms in total. The van der Waals surface area contributed by atoms with Crippen LogP contribution in [-0.2, 0) is 4.79 Å². The standard InChI is InChI=1S/C10H21N3O/c1-8(7-11)9(14)13-5-3-10(2,12)4-6-13/h8H,3-7,11-12H2,1-2H3. The minimum atomic E-state index is -0.0945. The predicted octanol–water partition coefficient (Wildman–Crippen LogP) is -0.0790. The van der Waals surface area contributed by atoms with Crippen LogP contribution in [0.4, 0.5) is 0 Å². The van der Waals surface area contributed by atoms with Gasteiger partial charge in [0.15, 0.2) is 0 Å². The minimum absolute atomic E-state index is 0.0582. The van der Waals surface area contributed by atoms with Crippen LogP contribution in [0.15, 0.2) is 0 Å². The molecule has 0 spiro atoms. The van der Waals surface area contributed by atoms with E-state index in [1.54, 1.807) is 0 Å². The first-order valence-electron chi connectivity index (χ1n) is 5.24. The third-order valence-electron chi connectivity index (χ3n) is 2.99. The number of likely N-dealkylation sites (tertiary alicyclic amines) is 1. The van der Waals surface area contributed by atoms with Crippen molar-refractivity contribution in [2.24, 2.45) is 17.4 Å². The summed E-state index contributed by atoms with van der Waals surface area (Å²) in [7, 11) is 0. The van der Waals surface area contributed by atoms with E-state index in [-0.39, 0.29) is 17.4 Å². The fourth-order valence-electron chi connectivity index (χ4n) is 1.65. The van der Waals surface area contributed by atoms with Crippen LogP contribution >= 0.6 is 0 Å². The Morgan fingerprint density at radius 3 is 2.43 bits per heavy atom. The number of piperidine rings is 1. The van der Waals surface area contributed by atoms with Crippen molar-refractivity contribution < 1.29 is 4.79 Å². The van der Waals surface area contributed by atoms with Gasteiger partial charge in [-0.25, -0.2) is 0 Å². The van der Waals surface area contributed by atoms with Gasteiger partial charge in [0.1, 0.15) is 0 Å². The average molecular weight is 199 g/mol. The van der Waals surface area contributed by atoms with Crippen LogP contribution in [0.1, 0.15) is 26.7 Å². The van der Waals surface area contributed by atoms with E-state index in [9.17, 15) is 4.79 Å². The van der Waals surface area contributed by atoms with Gasteiger partial charge in [0.2, 0.25) is 5.91 Å². The third kappa shape index (κ3) is 2.69. The Kier molecular flexibility index (Phi) is 3.50. The van der Waals surface area contributed by atoms with Crippen molar-refractivity contribution in [3.63, 3.8) is 0 Å². The molecule has 1 aliphatic heterocycles. The number of amides is 1. The average Bonchev–Trinajstić information content (AvgIpc) is 2.15. The lowest BCUT2D eigenvalue weighted by atomic mass is 9.90. The van der Waals surface area contributed by atoms with Crippen molar-refractivity contribution in [2.45, 2.75) is 32.2 Å². The summed E-state index contributed by atoms with van der Waals surface area (Å²) in [6, 6.07) is 0. The van der Waals surface area contributed by atoms with Crippen molar-refractivity contribution in [1.29, 1.82) is 0 Å². The van der Waals surface area contributed by atoms with E-state index in [0.29, 0.717) is 6.54 Å². The molecule has 4 heteroatoms. The number of carbonyl (C=O) groups excluding carboxylic acids is 1. The summed E-state index contributed by atoms with van der Waals surface area (Å²) < 4.78 is 0. The minimum Gasteiger partial charge on any atom is -0.342 e. The molecule has 1 fully saturated rings. The molecule has 0 aromatic heterocycles. The van der Waals surface area contributed by atoms with Gasteiger partial charge >= 0.3 is 0 Å². The monoisotopic (exact) mass is 199 g/mol. The van der Waals surface area contributed by atoms with E-state index in [0.717, 1.165) is 25.9 Å². The number of nitrogens with zero attached hydrogens (tertiary/aromatic N) is 1. The predicted molar refractivity (Wildman–Crippen MR) is 56.6 cm³/mol. The number of hydrogen-bond acceptors (Lipinski definition) is 3. The Labute approximate surface area is 85.6 Å². The quantitative estimate of drug-likeness (QED) is 0.653. The molecule has 82 valence electrons. The molecule has 0 radical (unpaired) electrons. The molecule has 0 saturated carbocycles. The van der Waals surface area contributed by atoms with Crippen molar-refractivity contribution in [3.8, 4) is 0 Å². The first kappa shape index (κ1) is 11.5. The third-order valence-corrected chi connectivity index (χ3v) is 2.99. The van der Waals surface area contributed by atoms with Crippen LogP contribution in [0, 0.1) is 5.92 Å². The van der Waals surface area contributed by atoms with Gasteiger partial charge in [0, 0.05) is 31.1 Å². The molecule has 1 aliphatic rings. The van der Waals surface area contributed by atoms with Gasteiger partial charge in [0.05, 0.1) is 0 Å². The molecule has 1 rings (SSSR count). The summed E-state index contributed by atoms with van der Waals surface area (Å²) in [6.07, 6.45) is 1.77. The molecule has 1 amide bonds. The van der Waals surface area contributed by atoms with Crippen LogP contribution in [0.2, 0.25) is 0 Å². The molecule has 1 heterocycles. The second kappa shape index (κ2) is 4.28. The number of carbonyl (C=O) groups is 1. The van der Waals surface area contributed by atoms with Gasteiger partial charge in [-0.3, -0.25) is 4.79 Å². The van der Waals surface area contributed by atoms with E-state index in [1.807, 2.05) is 18.7 Å². The fraction of sp³-hybridized carbons (Fsp3) is 0.900. The topological polar surface area (TPSA) is 72.4 Å². The van der Waals surface area contributed by atoms with Gasteiger partial charge < -0.3 is 16.4 Å². The molecule has 1 unspecified atom stereocenters. The largest absolute Gasteiger partial charge is 0.342 e. The molecule has 1 atom stereocenters. The van der Waals surface area contributed by atoms with Gasteiger partial charge in [0.25, 0.3) is 0 Å². The zero-order valence-electron chi connectivity index (χ0n) is 9.12. The molecule has 14 heavy (non-hydrogen) atoms. The normalized spacial score (nSPS) is 23.3. The smallest absolute Gasteiger partial charge is 0.226 e. The highest BCUT2D eigenvalue weighted by Gasteiger charge is 2.29. The van der Waals surface area contributed by atoms with Gasteiger partial charge in [-0.2, -0.15) is 0 Å². The maximum atomic E-state index is 11.7. The lowest BCUT2D eigenvalue weighted by molar-refractivity contribution is -0.136. The van der Waals surface area contributed by atoms with Gasteiger partial charge in [-0.15, -0.1) is 0 Å². The van der Waals surface area contributed by atoms with Crippen LogP contribution in [-0.4, -0.2) is 36.0 Å². The summed E-state index contributed by atoms with van der Waals surface area (Å²) in [4.78, 5) is 13.6. The summed E-state index contributed by atoms with van der Waals surface area (Å²) in [5.74, 6) is 0.111. The number of nitrogens with two attached hydrogens (primary N) is 2. The van der Waals surface area contributed by atoms with Crippen LogP contribution in [0.5, 0.6) is 0 Å². The van der Waals surface area contributed by atoms with Crippen molar-refractivity contribution in [3.05, 3.63) is 0 Å².